The van der Waals surface area contributed by atoms with Crippen molar-refractivity contribution >= 4 is 7.60 Å². The second kappa shape index (κ2) is 7.44. The molecule has 4 nitrogen and oxygen atoms in total. The predicted molar refractivity (Wildman–Crippen MR) is 39.4 cm³/mol. The van der Waals surface area contributed by atoms with Crippen LogP contribution in [-0.4, -0.2) is 5.11 Å². The van der Waals surface area contributed by atoms with Gasteiger partial charge in [0, 0.05) is 6.16 Å². The van der Waals surface area contributed by atoms with E-state index in [0.29, 0.717) is 5.56 Å². The summed E-state index contributed by atoms with van der Waals surface area (Å²) >= 11 is 0. The van der Waals surface area contributed by atoms with Crippen molar-refractivity contribution in [2.24, 2.45) is 0 Å². The van der Waals surface area contributed by atoms with Gasteiger partial charge in [-0.3, -0.25) is 0 Å². The summed E-state index contributed by atoms with van der Waals surface area (Å²) in [5.41, 5.74) is 0.390. The van der Waals surface area contributed by atoms with E-state index in [9.17, 15) is 14.4 Å². The molecule has 0 fully saturated rings. The van der Waals surface area contributed by atoms with Crippen LogP contribution in [-0.2, 0) is 10.7 Å². The maximum absolute atomic E-state index is 10.3. The second-order valence-corrected chi connectivity index (χ2v) is 3.97. The third-order valence-corrected chi connectivity index (χ3v) is 2.07. The number of benzene rings is 1. The van der Waals surface area contributed by atoms with Gasteiger partial charge in [-0.1, -0.05) is 19.7 Å². The quantitative estimate of drug-likeness (QED) is 0.406. The fourth-order valence-electron chi connectivity index (χ4n) is 0.825. The molecule has 0 amide bonds. The molecule has 0 aromatic heterocycles. The van der Waals surface area contributed by atoms with Crippen molar-refractivity contribution in [1.29, 1.82) is 0 Å². The van der Waals surface area contributed by atoms with Gasteiger partial charge in [0.15, 0.2) is 0 Å². The van der Waals surface area contributed by atoms with E-state index < -0.39 is 13.8 Å². The van der Waals surface area contributed by atoms with Crippen molar-refractivity contribution in [2.75, 3.05) is 0 Å². The van der Waals surface area contributed by atoms with Crippen LogP contribution in [0.4, 0.5) is 0 Å². The first-order valence-electron chi connectivity index (χ1n) is 3.26. The van der Waals surface area contributed by atoms with Gasteiger partial charge >= 0.3 is 59.1 Å². The molecule has 0 heterocycles. The van der Waals surface area contributed by atoms with Crippen molar-refractivity contribution in [1.82, 2.24) is 0 Å². The molecule has 1 aromatic rings. The number of phenols is 1. The van der Waals surface area contributed by atoms with Crippen molar-refractivity contribution in [2.45, 2.75) is 6.16 Å². The summed E-state index contributed by atoms with van der Waals surface area (Å²) in [5.74, 6) is 0.0466. The average molecular weight is 232 g/mol. The summed E-state index contributed by atoms with van der Waals surface area (Å²) in [6.07, 6.45) is -0.507. The summed E-state index contributed by atoms with van der Waals surface area (Å²) in [6, 6.07) is 5.48. The fourth-order valence-corrected chi connectivity index (χ4v) is 1.48. The van der Waals surface area contributed by atoms with Crippen molar-refractivity contribution in [3.05, 3.63) is 29.8 Å². The van der Waals surface area contributed by atoms with E-state index >= 15 is 0 Å². The SMILES string of the molecule is O=P([O-])([O-])Cc1ccc(O)cc1.[Na+].[Na+]. The van der Waals surface area contributed by atoms with Gasteiger partial charge < -0.3 is 19.5 Å². The summed E-state index contributed by atoms with van der Waals surface area (Å²) in [4.78, 5) is 20.6. The third kappa shape index (κ3) is 7.46. The molecule has 1 aromatic carbocycles. The van der Waals surface area contributed by atoms with E-state index in [2.05, 4.69) is 0 Å². The van der Waals surface area contributed by atoms with Gasteiger partial charge in [-0.15, -0.1) is 0 Å². The van der Waals surface area contributed by atoms with Gasteiger partial charge in [-0.2, -0.15) is 0 Å². The van der Waals surface area contributed by atoms with E-state index in [1.54, 1.807) is 0 Å². The standard InChI is InChI=1S/C7H9O4P.2Na/c8-7-3-1-6(2-4-7)5-12(9,10)11;;/h1-4,8H,5H2,(H2,9,10,11);;/q;2*+1/p-2. The molecule has 7 heteroatoms. The molecule has 14 heavy (non-hydrogen) atoms. The van der Waals surface area contributed by atoms with Crippen LogP contribution in [0.1, 0.15) is 5.56 Å². The van der Waals surface area contributed by atoms with Gasteiger partial charge in [-0.05, 0) is 17.7 Å². The van der Waals surface area contributed by atoms with Gasteiger partial charge in [0.25, 0.3) is 0 Å². The maximum atomic E-state index is 10.3. The van der Waals surface area contributed by atoms with Gasteiger partial charge in [0.05, 0.1) is 0 Å². The number of hydrogen-bond acceptors (Lipinski definition) is 4. The summed E-state index contributed by atoms with van der Waals surface area (Å²) in [5, 5.41) is 8.83. The monoisotopic (exact) mass is 232 g/mol. The zero-order valence-electron chi connectivity index (χ0n) is 8.14. The van der Waals surface area contributed by atoms with E-state index in [4.69, 9.17) is 5.11 Å². The molecule has 0 aliphatic heterocycles. The first kappa shape index (κ1) is 17.6. The first-order chi connectivity index (χ1) is 5.47. The summed E-state index contributed by atoms with van der Waals surface area (Å²) < 4.78 is 10.3. The zero-order chi connectivity index (χ0) is 9.19. The molecular formula is C7H7Na2O4P. The fraction of sp³-hybridized carbons (Fsp3) is 0.143. The topological polar surface area (TPSA) is 83.4 Å². The average Bonchev–Trinajstić information content (AvgIpc) is 1.91. The molecule has 0 saturated heterocycles. The molecule has 0 aliphatic rings. The van der Waals surface area contributed by atoms with Gasteiger partial charge in [0.2, 0.25) is 0 Å². The Labute approximate surface area is 126 Å². The molecule has 1 N–H and O–H groups in total. The Bertz CT molecular complexity index is 308. The molecule has 1 rings (SSSR count). The van der Waals surface area contributed by atoms with Crippen LogP contribution in [0.5, 0.6) is 5.75 Å². The molecule has 0 bridgehead atoms. The number of hydrogen-bond donors (Lipinski definition) is 1. The minimum atomic E-state index is -4.48. The Hall–Kier alpha value is 1.17. The van der Waals surface area contributed by atoms with Crippen LogP contribution >= 0.6 is 7.60 Å². The smallest absolute Gasteiger partial charge is 0.810 e. The van der Waals surface area contributed by atoms with E-state index in [1.165, 1.54) is 24.3 Å². The summed E-state index contributed by atoms with van der Waals surface area (Å²) in [6.45, 7) is 0. The van der Waals surface area contributed by atoms with Crippen LogP contribution in [0, 0.1) is 0 Å². The molecule has 66 valence electrons. The van der Waals surface area contributed by atoms with Crippen molar-refractivity contribution in [3.8, 4) is 5.75 Å². The molecule has 0 radical (unpaired) electrons. The van der Waals surface area contributed by atoms with Crippen molar-refractivity contribution < 1.29 is 78.6 Å². The van der Waals surface area contributed by atoms with Crippen LogP contribution in [0.15, 0.2) is 24.3 Å². The Morgan fingerprint density at radius 1 is 1.14 bits per heavy atom. The van der Waals surface area contributed by atoms with E-state index in [0.717, 1.165) is 0 Å². The van der Waals surface area contributed by atoms with Crippen LogP contribution in [0.3, 0.4) is 0 Å². The second-order valence-electron chi connectivity index (χ2n) is 2.44. The molecule has 0 spiro atoms. The maximum Gasteiger partial charge on any atom is 1.00 e. The zero-order valence-corrected chi connectivity index (χ0v) is 13.0. The number of rotatable bonds is 2. The third-order valence-electron chi connectivity index (χ3n) is 1.31. The van der Waals surface area contributed by atoms with Crippen LogP contribution in [0.25, 0.3) is 0 Å². The minimum Gasteiger partial charge on any atom is -0.810 e. The molecule has 0 unspecified atom stereocenters. The predicted octanol–water partition coefficient (Wildman–Crippen LogP) is -6.19. The van der Waals surface area contributed by atoms with Crippen LogP contribution in [0.2, 0.25) is 0 Å². The molecule has 0 saturated carbocycles. The first-order valence-corrected chi connectivity index (χ1v) is 4.99. The van der Waals surface area contributed by atoms with E-state index in [1.807, 2.05) is 0 Å². The van der Waals surface area contributed by atoms with Crippen molar-refractivity contribution in [3.63, 3.8) is 0 Å². The normalized spacial score (nSPS) is 9.86. The molecule has 0 aliphatic carbocycles. The number of aromatic hydroxyl groups is 1. The van der Waals surface area contributed by atoms with Crippen LogP contribution < -0.4 is 68.9 Å². The minimum absolute atomic E-state index is 0. The Balaban J connectivity index is 0. The molecular weight excluding hydrogens is 225 g/mol. The Kier molecular flexibility index (Phi) is 9.34. The number of phenolic OH excluding ortho intramolecular Hbond substituents is 1. The van der Waals surface area contributed by atoms with Gasteiger partial charge in [0.1, 0.15) is 5.75 Å². The molecule has 0 atom stereocenters. The largest absolute Gasteiger partial charge is 1.00 e. The van der Waals surface area contributed by atoms with Gasteiger partial charge in [-0.25, -0.2) is 0 Å². The van der Waals surface area contributed by atoms with E-state index in [-0.39, 0.29) is 64.9 Å². The Morgan fingerprint density at radius 3 is 1.93 bits per heavy atom. The summed E-state index contributed by atoms with van der Waals surface area (Å²) in [7, 11) is -4.48. The Morgan fingerprint density at radius 2 is 1.57 bits per heavy atom.